The Hall–Kier alpha value is -2.62. The normalized spacial score (nSPS) is 10.5. The van der Waals surface area contributed by atoms with Gasteiger partial charge in [0, 0.05) is 18.3 Å². The summed E-state index contributed by atoms with van der Waals surface area (Å²) in [5.74, 6) is 0. The zero-order valence-electron chi connectivity index (χ0n) is 11.5. The molecule has 0 aliphatic carbocycles. The molecule has 0 saturated carbocycles. The average Bonchev–Trinajstić information content (AvgIpc) is 2.98. The average molecular weight is 264 g/mol. The van der Waals surface area contributed by atoms with Crippen LogP contribution in [0.3, 0.4) is 0 Å². The maximum Gasteiger partial charge on any atom is 0.113 e. The van der Waals surface area contributed by atoms with Gasteiger partial charge in [-0.1, -0.05) is 35.0 Å². The number of aryl methyl sites for hydroxylation is 1. The van der Waals surface area contributed by atoms with Crippen molar-refractivity contribution >= 4 is 5.69 Å². The van der Waals surface area contributed by atoms with Gasteiger partial charge < -0.3 is 5.32 Å². The number of rotatable bonds is 3. The fourth-order valence-electron chi connectivity index (χ4n) is 2.03. The van der Waals surface area contributed by atoms with Crippen molar-refractivity contribution < 1.29 is 0 Å². The summed E-state index contributed by atoms with van der Waals surface area (Å²) in [6.07, 6.45) is 1.94. The van der Waals surface area contributed by atoms with Crippen LogP contribution in [0.5, 0.6) is 0 Å². The molecule has 1 heterocycles. The van der Waals surface area contributed by atoms with Gasteiger partial charge in [-0.2, -0.15) is 0 Å². The van der Waals surface area contributed by atoms with E-state index in [0.29, 0.717) is 0 Å². The monoisotopic (exact) mass is 264 g/mol. The number of benzene rings is 2. The van der Waals surface area contributed by atoms with Crippen LogP contribution >= 0.6 is 0 Å². The first kappa shape index (κ1) is 12.4. The van der Waals surface area contributed by atoms with Crippen molar-refractivity contribution in [1.29, 1.82) is 0 Å². The summed E-state index contributed by atoms with van der Waals surface area (Å²) in [5.41, 5.74) is 5.26. The quantitative estimate of drug-likeness (QED) is 0.789. The lowest BCUT2D eigenvalue weighted by Crippen LogP contribution is -1.94. The number of hydrogen-bond donors (Lipinski definition) is 1. The van der Waals surface area contributed by atoms with Crippen LogP contribution in [0.25, 0.3) is 16.9 Å². The van der Waals surface area contributed by atoms with E-state index in [0.717, 1.165) is 22.6 Å². The summed E-state index contributed by atoms with van der Waals surface area (Å²) < 4.78 is 1.79. The molecule has 4 heteroatoms. The van der Waals surface area contributed by atoms with Crippen LogP contribution in [0.4, 0.5) is 5.69 Å². The Balaban J connectivity index is 1.91. The Morgan fingerprint density at radius 2 is 1.65 bits per heavy atom. The van der Waals surface area contributed by atoms with Gasteiger partial charge in [-0.25, -0.2) is 4.68 Å². The summed E-state index contributed by atoms with van der Waals surface area (Å²) in [4.78, 5) is 0. The zero-order chi connectivity index (χ0) is 13.9. The molecule has 0 unspecified atom stereocenters. The molecular weight excluding hydrogens is 248 g/mol. The second kappa shape index (κ2) is 5.17. The lowest BCUT2D eigenvalue weighted by atomic mass is 10.1. The molecule has 0 saturated heterocycles. The highest BCUT2D eigenvalue weighted by Gasteiger charge is 2.05. The van der Waals surface area contributed by atoms with Crippen molar-refractivity contribution in [3.8, 4) is 16.9 Å². The van der Waals surface area contributed by atoms with E-state index in [4.69, 9.17) is 0 Å². The topological polar surface area (TPSA) is 42.7 Å². The predicted octanol–water partition coefficient (Wildman–Crippen LogP) is 3.28. The third-order valence-corrected chi connectivity index (χ3v) is 3.26. The van der Waals surface area contributed by atoms with Crippen molar-refractivity contribution in [2.45, 2.75) is 6.92 Å². The molecule has 0 spiro atoms. The summed E-state index contributed by atoms with van der Waals surface area (Å²) >= 11 is 0. The molecule has 0 amide bonds. The second-order valence-electron chi connectivity index (χ2n) is 4.71. The molecule has 3 aromatic rings. The fraction of sp³-hybridized carbons (Fsp3) is 0.125. The molecule has 0 aliphatic heterocycles. The Kier molecular flexibility index (Phi) is 3.21. The van der Waals surface area contributed by atoms with Gasteiger partial charge in [0.15, 0.2) is 0 Å². The highest BCUT2D eigenvalue weighted by Crippen LogP contribution is 2.20. The van der Waals surface area contributed by atoms with E-state index in [1.54, 1.807) is 4.68 Å². The largest absolute Gasteiger partial charge is 0.388 e. The van der Waals surface area contributed by atoms with Crippen LogP contribution < -0.4 is 5.32 Å². The van der Waals surface area contributed by atoms with Crippen LogP contribution in [-0.2, 0) is 0 Å². The lowest BCUT2D eigenvalue weighted by molar-refractivity contribution is 0.803. The van der Waals surface area contributed by atoms with Crippen LogP contribution in [0, 0.1) is 6.92 Å². The molecule has 0 radical (unpaired) electrons. The first-order valence-corrected chi connectivity index (χ1v) is 6.54. The van der Waals surface area contributed by atoms with E-state index in [-0.39, 0.29) is 0 Å². The smallest absolute Gasteiger partial charge is 0.113 e. The molecule has 1 aromatic heterocycles. The van der Waals surface area contributed by atoms with Gasteiger partial charge in [-0.15, -0.1) is 5.10 Å². The maximum atomic E-state index is 4.23. The van der Waals surface area contributed by atoms with E-state index >= 15 is 0 Å². The van der Waals surface area contributed by atoms with Gasteiger partial charge in [0.1, 0.15) is 5.69 Å². The van der Waals surface area contributed by atoms with Crippen LogP contribution in [0.15, 0.2) is 54.7 Å². The summed E-state index contributed by atoms with van der Waals surface area (Å²) in [7, 11) is 1.91. The molecule has 0 fully saturated rings. The number of hydrogen-bond acceptors (Lipinski definition) is 3. The van der Waals surface area contributed by atoms with Crippen LogP contribution in [0.1, 0.15) is 5.56 Å². The van der Waals surface area contributed by atoms with Crippen molar-refractivity contribution in [2.75, 3.05) is 12.4 Å². The molecule has 100 valence electrons. The number of aromatic nitrogens is 3. The van der Waals surface area contributed by atoms with Gasteiger partial charge in [0.2, 0.25) is 0 Å². The Labute approximate surface area is 118 Å². The predicted molar refractivity (Wildman–Crippen MR) is 81.1 cm³/mol. The molecule has 2 aromatic carbocycles. The van der Waals surface area contributed by atoms with Gasteiger partial charge in [-0.3, -0.25) is 0 Å². The third-order valence-electron chi connectivity index (χ3n) is 3.26. The summed E-state index contributed by atoms with van der Waals surface area (Å²) in [5, 5.41) is 11.5. The highest BCUT2D eigenvalue weighted by atomic mass is 15.4. The van der Waals surface area contributed by atoms with Crippen LogP contribution in [0.2, 0.25) is 0 Å². The minimum absolute atomic E-state index is 0.869. The summed E-state index contributed by atoms with van der Waals surface area (Å²) in [6, 6.07) is 16.3. The lowest BCUT2D eigenvalue weighted by Gasteiger charge is -2.01. The van der Waals surface area contributed by atoms with Crippen LogP contribution in [-0.4, -0.2) is 22.0 Å². The van der Waals surface area contributed by atoms with E-state index in [2.05, 4.69) is 34.7 Å². The number of nitrogens with zero attached hydrogens (tertiary/aromatic N) is 3. The van der Waals surface area contributed by atoms with E-state index in [1.165, 1.54) is 5.56 Å². The maximum absolute atomic E-state index is 4.23. The molecule has 3 rings (SSSR count). The molecule has 0 bridgehead atoms. The molecule has 20 heavy (non-hydrogen) atoms. The van der Waals surface area contributed by atoms with E-state index in [9.17, 15) is 0 Å². The van der Waals surface area contributed by atoms with Gasteiger partial charge in [0.05, 0.1) is 11.9 Å². The van der Waals surface area contributed by atoms with E-state index < -0.39 is 0 Å². The Bertz CT molecular complexity index is 696. The van der Waals surface area contributed by atoms with Crippen molar-refractivity contribution in [3.05, 3.63) is 60.3 Å². The first-order chi connectivity index (χ1) is 9.76. The summed E-state index contributed by atoms with van der Waals surface area (Å²) in [6.45, 7) is 2.07. The van der Waals surface area contributed by atoms with E-state index in [1.807, 2.05) is 49.6 Å². The fourth-order valence-corrected chi connectivity index (χ4v) is 2.03. The molecular formula is C16H16N4. The minimum Gasteiger partial charge on any atom is -0.388 e. The molecule has 0 aliphatic rings. The van der Waals surface area contributed by atoms with Crippen molar-refractivity contribution in [2.24, 2.45) is 0 Å². The Morgan fingerprint density at radius 1 is 0.950 bits per heavy atom. The van der Waals surface area contributed by atoms with Gasteiger partial charge in [-0.05, 0) is 31.2 Å². The standard InChI is InChI=1S/C16H16N4/c1-12-3-9-15(10-4-12)20-11-16(18-19-20)13-5-7-14(17-2)8-6-13/h3-11,17H,1-2H3. The number of nitrogens with one attached hydrogen (secondary N) is 1. The highest BCUT2D eigenvalue weighted by molar-refractivity contribution is 5.62. The minimum atomic E-state index is 0.869. The van der Waals surface area contributed by atoms with Gasteiger partial charge in [0.25, 0.3) is 0 Å². The van der Waals surface area contributed by atoms with Crippen molar-refractivity contribution in [1.82, 2.24) is 15.0 Å². The van der Waals surface area contributed by atoms with Gasteiger partial charge >= 0.3 is 0 Å². The third kappa shape index (κ3) is 2.40. The molecule has 4 nitrogen and oxygen atoms in total. The number of anilines is 1. The Morgan fingerprint density at radius 3 is 2.30 bits per heavy atom. The SMILES string of the molecule is CNc1ccc(-c2cn(-c3ccc(C)cc3)nn2)cc1. The zero-order valence-corrected chi connectivity index (χ0v) is 11.5. The van der Waals surface area contributed by atoms with Crippen molar-refractivity contribution in [3.63, 3.8) is 0 Å². The molecule has 1 N–H and O–H groups in total. The molecule has 0 atom stereocenters. The first-order valence-electron chi connectivity index (χ1n) is 6.54. The second-order valence-corrected chi connectivity index (χ2v) is 4.71.